The number of allylic oxidation sites excluding steroid dienone is 3. The van der Waals surface area contributed by atoms with Gasteiger partial charge >= 0.3 is 5.97 Å². The van der Waals surface area contributed by atoms with Gasteiger partial charge < -0.3 is 14.8 Å². The molecule has 6 nitrogen and oxygen atoms in total. The zero-order valence-electron chi connectivity index (χ0n) is 33.0. The number of fused-ring (bicyclic) bond motifs is 5. The van der Waals surface area contributed by atoms with Gasteiger partial charge in [0.2, 0.25) is 5.91 Å². The molecule has 0 radical (unpaired) electrons. The van der Waals surface area contributed by atoms with Crippen LogP contribution in [0.15, 0.2) is 42.3 Å². The fourth-order valence-corrected chi connectivity index (χ4v) is 10.7. The molecular weight excluding hydrogens is 645 g/mol. The molecule has 6 unspecified atom stereocenters. The van der Waals surface area contributed by atoms with Crippen LogP contribution in [0.1, 0.15) is 180 Å². The van der Waals surface area contributed by atoms with Crippen molar-refractivity contribution in [1.82, 2.24) is 10.3 Å². The van der Waals surface area contributed by atoms with Crippen LogP contribution in [-0.2, 0) is 19.1 Å². The minimum Gasteiger partial charge on any atom is -0.462 e. The third-order valence-electron chi connectivity index (χ3n) is 13.8. The lowest BCUT2D eigenvalue weighted by molar-refractivity contribution is -0.152. The molecule has 288 valence electrons. The lowest BCUT2D eigenvalue weighted by Gasteiger charge is -2.57. The Morgan fingerprint density at radius 3 is 2.19 bits per heavy atom. The van der Waals surface area contributed by atoms with Gasteiger partial charge in [0.15, 0.2) is 0 Å². The number of ether oxygens (including phenoxy) is 1. The van der Waals surface area contributed by atoms with Gasteiger partial charge in [0.25, 0.3) is 0 Å². The fourth-order valence-electron chi connectivity index (χ4n) is 10.7. The van der Waals surface area contributed by atoms with Crippen LogP contribution in [0.3, 0.4) is 0 Å². The number of carbonyl (C=O) groups excluding carboxylic acids is 3. The van der Waals surface area contributed by atoms with Gasteiger partial charge in [0, 0.05) is 25.2 Å². The molecule has 0 aromatic carbocycles. The average Bonchev–Trinajstić information content (AvgIpc) is 3.51. The summed E-state index contributed by atoms with van der Waals surface area (Å²) in [6.07, 6.45) is 36.0. The number of hydrogen-bond acceptors (Lipinski definition) is 5. The van der Waals surface area contributed by atoms with Crippen LogP contribution < -0.4 is 5.32 Å². The molecule has 1 heterocycles. The van der Waals surface area contributed by atoms with Gasteiger partial charge in [-0.3, -0.25) is 14.6 Å². The summed E-state index contributed by atoms with van der Waals surface area (Å²) in [5, 5.41) is 2.84. The lowest BCUT2D eigenvalue weighted by Crippen LogP contribution is -2.50. The van der Waals surface area contributed by atoms with E-state index >= 15 is 0 Å². The highest BCUT2D eigenvalue weighted by atomic mass is 16.5. The maximum Gasteiger partial charge on any atom is 0.306 e. The van der Waals surface area contributed by atoms with Crippen LogP contribution in [0.5, 0.6) is 0 Å². The number of carbonyl (C=O) groups is 3. The molecule has 0 saturated heterocycles. The Morgan fingerprint density at radius 2 is 1.54 bits per heavy atom. The second-order valence-electron chi connectivity index (χ2n) is 17.4. The Labute approximate surface area is 315 Å². The maximum absolute atomic E-state index is 12.9. The van der Waals surface area contributed by atoms with Crippen molar-refractivity contribution in [3.8, 4) is 0 Å². The predicted octanol–water partition coefficient (Wildman–Crippen LogP) is 11.3. The van der Waals surface area contributed by atoms with Crippen molar-refractivity contribution < 1.29 is 19.1 Å². The Balaban J connectivity index is 0.951. The Kier molecular flexibility index (Phi) is 15.6. The zero-order valence-corrected chi connectivity index (χ0v) is 33.0. The first-order chi connectivity index (χ1) is 25.3. The van der Waals surface area contributed by atoms with Crippen LogP contribution in [0, 0.1) is 28.6 Å². The van der Waals surface area contributed by atoms with E-state index in [1.165, 1.54) is 107 Å². The third-order valence-corrected chi connectivity index (χ3v) is 13.8. The summed E-state index contributed by atoms with van der Waals surface area (Å²) in [6.45, 7) is 7.25. The molecule has 5 rings (SSSR count). The number of aldehydes is 1. The third kappa shape index (κ3) is 10.5. The Morgan fingerprint density at radius 1 is 0.865 bits per heavy atom. The van der Waals surface area contributed by atoms with Crippen molar-refractivity contribution in [3.63, 3.8) is 0 Å². The molecule has 2 fully saturated rings. The number of amides is 1. The van der Waals surface area contributed by atoms with Crippen LogP contribution in [0.4, 0.5) is 0 Å². The summed E-state index contributed by atoms with van der Waals surface area (Å²) >= 11 is 0. The summed E-state index contributed by atoms with van der Waals surface area (Å²) in [5.41, 5.74) is 4.64. The van der Waals surface area contributed by atoms with E-state index in [1.54, 1.807) is 0 Å². The van der Waals surface area contributed by atoms with Gasteiger partial charge in [0.05, 0.1) is 12.5 Å². The molecule has 0 bridgehead atoms. The SMILES string of the molecule is CCCCCCCCCCCCCCCCC(C=O)NC(=O)CCC(=O)OC1CCC2(C)C(=CCC3C4CC=C(c5cccnc5)C4(C)CC[C@@H]32)C1. The second kappa shape index (κ2) is 20.1. The largest absolute Gasteiger partial charge is 0.462 e. The maximum atomic E-state index is 12.9. The van der Waals surface area contributed by atoms with Crippen molar-refractivity contribution in [2.45, 2.75) is 187 Å². The average molecular weight is 715 g/mol. The van der Waals surface area contributed by atoms with Crippen LogP contribution in [0.25, 0.3) is 5.57 Å². The predicted molar refractivity (Wildman–Crippen MR) is 211 cm³/mol. The van der Waals surface area contributed by atoms with Gasteiger partial charge in [-0.1, -0.05) is 134 Å². The minimum atomic E-state index is -0.474. The quantitative estimate of drug-likeness (QED) is 0.0559. The van der Waals surface area contributed by atoms with Gasteiger partial charge in [-0.25, -0.2) is 0 Å². The first-order valence-corrected chi connectivity index (χ1v) is 21.5. The van der Waals surface area contributed by atoms with E-state index in [0.29, 0.717) is 24.2 Å². The van der Waals surface area contributed by atoms with E-state index in [2.05, 4.69) is 55.4 Å². The summed E-state index contributed by atoms with van der Waals surface area (Å²) in [4.78, 5) is 41.6. The molecular formula is C46H70N2O4. The van der Waals surface area contributed by atoms with Crippen molar-refractivity contribution in [1.29, 1.82) is 0 Å². The van der Waals surface area contributed by atoms with Crippen LogP contribution in [0.2, 0.25) is 0 Å². The van der Waals surface area contributed by atoms with Gasteiger partial charge in [-0.2, -0.15) is 0 Å². The molecule has 4 aliphatic carbocycles. The number of aromatic nitrogens is 1. The van der Waals surface area contributed by atoms with Crippen LogP contribution in [-0.4, -0.2) is 35.3 Å². The highest BCUT2D eigenvalue weighted by Crippen LogP contribution is 2.66. The normalized spacial score (nSPS) is 28.4. The summed E-state index contributed by atoms with van der Waals surface area (Å²) in [5.74, 6) is 1.47. The van der Waals surface area contributed by atoms with E-state index in [9.17, 15) is 14.4 Å². The molecule has 0 aliphatic heterocycles. The number of esters is 1. The van der Waals surface area contributed by atoms with Crippen molar-refractivity contribution >= 4 is 23.7 Å². The highest BCUT2D eigenvalue weighted by Gasteiger charge is 2.57. The second-order valence-corrected chi connectivity index (χ2v) is 17.4. The molecule has 6 heteroatoms. The molecule has 1 N–H and O–H groups in total. The first-order valence-electron chi connectivity index (χ1n) is 21.5. The van der Waals surface area contributed by atoms with Crippen LogP contribution >= 0.6 is 0 Å². The number of nitrogens with zero attached hydrogens (tertiary/aromatic N) is 1. The molecule has 0 spiro atoms. The molecule has 1 aromatic rings. The smallest absolute Gasteiger partial charge is 0.306 e. The van der Waals surface area contributed by atoms with E-state index in [1.807, 2.05) is 12.4 Å². The van der Waals surface area contributed by atoms with E-state index in [0.717, 1.165) is 51.2 Å². The Hall–Kier alpha value is -2.76. The first kappa shape index (κ1) is 40.4. The summed E-state index contributed by atoms with van der Waals surface area (Å²) in [7, 11) is 0. The monoisotopic (exact) mass is 715 g/mol. The van der Waals surface area contributed by atoms with Crippen molar-refractivity contribution in [2.24, 2.45) is 28.6 Å². The molecule has 1 aromatic heterocycles. The summed E-state index contributed by atoms with van der Waals surface area (Å²) < 4.78 is 5.96. The molecule has 7 atom stereocenters. The minimum absolute atomic E-state index is 0.0559. The van der Waals surface area contributed by atoms with E-state index in [-0.39, 0.29) is 41.7 Å². The summed E-state index contributed by atoms with van der Waals surface area (Å²) in [6, 6.07) is 3.80. The molecule has 4 aliphatic rings. The Bertz CT molecular complexity index is 1360. The number of unbranched alkanes of at least 4 members (excludes halogenated alkanes) is 13. The lowest BCUT2D eigenvalue weighted by atomic mass is 9.47. The number of hydrogen-bond donors (Lipinski definition) is 1. The molecule has 2 saturated carbocycles. The number of rotatable bonds is 22. The highest BCUT2D eigenvalue weighted by molar-refractivity contribution is 5.83. The van der Waals surface area contributed by atoms with Crippen molar-refractivity contribution in [3.05, 3.63) is 47.8 Å². The van der Waals surface area contributed by atoms with E-state index < -0.39 is 6.04 Å². The molecule has 1 amide bonds. The van der Waals surface area contributed by atoms with Gasteiger partial charge in [-0.15, -0.1) is 0 Å². The fraction of sp³-hybridized carbons (Fsp3) is 0.739. The van der Waals surface area contributed by atoms with Gasteiger partial charge in [0.1, 0.15) is 12.4 Å². The number of nitrogens with one attached hydrogen (secondary N) is 1. The molecule has 52 heavy (non-hydrogen) atoms. The van der Waals surface area contributed by atoms with Crippen molar-refractivity contribution in [2.75, 3.05) is 0 Å². The standard InChI is InChI=1S/C46H70N2O4/c1-4-5-6-7-8-9-10-11-12-13-14-15-16-17-20-37(34-49)48-43(50)25-26-44(51)52-38-27-29-45(2)36(32-38)21-22-39-41-24-23-40(35-19-18-31-47-33-35)46(41,3)30-28-42(39)45/h18-19,21,23,31,33-34,37-39,41-42H,4-17,20,22,24-30,32H2,1-3H3,(H,48,50)/t37?,38?,39?,41?,42-,45?,46?/m0/s1. The topological polar surface area (TPSA) is 85.4 Å². The zero-order chi connectivity index (χ0) is 36.8. The number of pyridine rings is 1. The van der Waals surface area contributed by atoms with Gasteiger partial charge in [-0.05, 0) is 90.7 Å². The van der Waals surface area contributed by atoms with E-state index in [4.69, 9.17) is 4.74 Å².